The summed E-state index contributed by atoms with van der Waals surface area (Å²) in [5.74, 6) is 0.0523. The summed E-state index contributed by atoms with van der Waals surface area (Å²) in [5, 5.41) is 6.47. The van der Waals surface area contributed by atoms with Crippen molar-refractivity contribution in [1.29, 1.82) is 0 Å². The first-order chi connectivity index (χ1) is 12.7. The number of hydrogen-bond acceptors (Lipinski definition) is 4. The molecule has 0 spiro atoms. The topological polar surface area (TPSA) is 50.2 Å². The predicted octanol–water partition coefficient (Wildman–Crippen LogP) is 3.96. The van der Waals surface area contributed by atoms with E-state index in [2.05, 4.69) is 26.4 Å². The molecular formula is C20H28N4OS. The van der Waals surface area contributed by atoms with Gasteiger partial charge >= 0.3 is 0 Å². The number of rotatable bonds is 5. The lowest BCUT2D eigenvalue weighted by atomic mass is 10.1. The molecule has 1 saturated heterocycles. The Bertz CT molecular complexity index is 754. The van der Waals surface area contributed by atoms with E-state index in [0.29, 0.717) is 12.6 Å². The van der Waals surface area contributed by atoms with E-state index in [-0.39, 0.29) is 5.91 Å². The van der Waals surface area contributed by atoms with E-state index in [1.807, 2.05) is 13.0 Å². The minimum absolute atomic E-state index is 0.0523. The highest BCUT2D eigenvalue weighted by Gasteiger charge is 2.21. The van der Waals surface area contributed by atoms with Gasteiger partial charge in [0.1, 0.15) is 5.69 Å². The molecular weight excluding hydrogens is 344 g/mol. The Balaban J connectivity index is 1.46. The zero-order valence-electron chi connectivity index (χ0n) is 15.5. The molecule has 0 bridgehead atoms. The van der Waals surface area contributed by atoms with Gasteiger partial charge in [-0.1, -0.05) is 12.8 Å². The molecule has 1 aliphatic heterocycles. The van der Waals surface area contributed by atoms with Crippen LogP contribution in [0.3, 0.4) is 0 Å². The van der Waals surface area contributed by atoms with Crippen molar-refractivity contribution >= 4 is 22.4 Å². The van der Waals surface area contributed by atoms with Gasteiger partial charge in [-0.25, -0.2) is 4.98 Å². The number of carbonyl (C=O) groups is 1. The fourth-order valence-electron chi connectivity index (χ4n) is 4.08. The van der Waals surface area contributed by atoms with Crippen molar-refractivity contribution in [1.82, 2.24) is 14.9 Å². The molecule has 26 heavy (non-hydrogen) atoms. The van der Waals surface area contributed by atoms with Crippen LogP contribution in [-0.4, -0.2) is 34.6 Å². The second-order valence-corrected chi connectivity index (χ2v) is 8.49. The van der Waals surface area contributed by atoms with Gasteiger partial charge in [0, 0.05) is 30.7 Å². The summed E-state index contributed by atoms with van der Waals surface area (Å²) in [7, 11) is 0. The van der Waals surface area contributed by atoms with Gasteiger partial charge in [-0.2, -0.15) is 0 Å². The molecule has 6 heteroatoms. The van der Waals surface area contributed by atoms with Crippen LogP contribution in [0, 0.1) is 6.92 Å². The van der Waals surface area contributed by atoms with E-state index < -0.39 is 0 Å². The van der Waals surface area contributed by atoms with Gasteiger partial charge in [0.2, 0.25) is 0 Å². The Morgan fingerprint density at radius 2 is 2.00 bits per heavy atom. The van der Waals surface area contributed by atoms with E-state index in [9.17, 15) is 4.79 Å². The summed E-state index contributed by atoms with van der Waals surface area (Å²) in [6.45, 7) is 4.93. The summed E-state index contributed by atoms with van der Waals surface area (Å²) in [6.07, 6.45) is 10.6. The van der Waals surface area contributed by atoms with Crippen LogP contribution in [0.15, 0.2) is 17.6 Å². The Hall–Kier alpha value is -1.82. The monoisotopic (exact) mass is 372 g/mol. The van der Waals surface area contributed by atoms with Crippen molar-refractivity contribution in [3.63, 3.8) is 0 Å². The summed E-state index contributed by atoms with van der Waals surface area (Å²) in [6, 6.07) is 2.33. The highest BCUT2D eigenvalue weighted by molar-refractivity contribution is 7.13. The molecule has 140 valence electrons. The Morgan fingerprint density at radius 1 is 1.23 bits per heavy atom. The van der Waals surface area contributed by atoms with Gasteiger partial charge in [-0.05, 0) is 50.7 Å². The third-order valence-corrected chi connectivity index (χ3v) is 6.41. The number of carbonyl (C=O) groups excluding carboxylic acids is 1. The van der Waals surface area contributed by atoms with E-state index in [0.717, 1.165) is 48.0 Å². The number of amides is 1. The Labute approximate surface area is 159 Å². The highest BCUT2D eigenvalue weighted by atomic mass is 32.1. The first-order valence-corrected chi connectivity index (χ1v) is 10.7. The van der Waals surface area contributed by atoms with Crippen molar-refractivity contribution in [2.45, 2.75) is 64.5 Å². The maximum atomic E-state index is 12.7. The molecule has 0 aromatic carbocycles. The van der Waals surface area contributed by atoms with Gasteiger partial charge in [0.25, 0.3) is 5.91 Å². The average molecular weight is 373 g/mol. The first kappa shape index (κ1) is 17.6. The summed E-state index contributed by atoms with van der Waals surface area (Å²) in [5.41, 5.74) is 2.91. The normalized spacial score (nSPS) is 18.4. The van der Waals surface area contributed by atoms with Crippen molar-refractivity contribution in [3.05, 3.63) is 34.6 Å². The first-order valence-electron chi connectivity index (χ1n) is 9.86. The number of nitrogens with one attached hydrogen (secondary N) is 1. The maximum Gasteiger partial charge on any atom is 0.268 e. The maximum absolute atomic E-state index is 12.7. The lowest BCUT2D eigenvalue weighted by Gasteiger charge is -2.25. The summed E-state index contributed by atoms with van der Waals surface area (Å²) in [4.78, 5) is 19.9. The van der Waals surface area contributed by atoms with Crippen LogP contribution in [-0.2, 0) is 6.54 Å². The molecule has 1 amide bonds. The highest BCUT2D eigenvalue weighted by Crippen LogP contribution is 2.25. The Kier molecular flexibility index (Phi) is 5.29. The van der Waals surface area contributed by atoms with Crippen molar-refractivity contribution in [2.75, 3.05) is 18.0 Å². The van der Waals surface area contributed by atoms with Crippen LogP contribution in [0.25, 0.3) is 0 Å². The SMILES string of the molecule is Cc1cc(C(=O)NC2CCCC2)n(Cc2csc(N3CCCCC3)n2)c1. The molecule has 1 aliphatic carbocycles. The summed E-state index contributed by atoms with van der Waals surface area (Å²) < 4.78 is 2.05. The molecule has 0 atom stereocenters. The number of anilines is 1. The minimum Gasteiger partial charge on any atom is -0.348 e. The molecule has 2 fully saturated rings. The van der Waals surface area contributed by atoms with Gasteiger partial charge in [-0.3, -0.25) is 4.79 Å². The van der Waals surface area contributed by atoms with E-state index in [4.69, 9.17) is 4.98 Å². The van der Waals surface area contributed by atoms with Gasteiger partial charge < -0.3 is 14.8 Å². The lowest BCUT2D eigenvalue weighted by molar-refractivity contribution is 0.0929. The quantitative estimate of drug-likeness (QED) is 0.864. The fourth-order valence-corrected chi connectivity index (χ4v) is 4.95. The average Bonchev–Trinajstić information content (AvgIpc) is 3.38. The predicted molar refractivity (Wildman–Crippen MR) is 106 cm³/mol. The largest absolute Gasteiger partial charge is 0.348 e. The van der Waals surface area contributed by atoms with Crippen LogP contribution >= 0.6 is 11.3 Å². The second kappa shape index (κ2) is 7.82. The Morgan fingerprint density at radius 3 is 2.77 bits per heavy atom. The molecule has 3 heterocycles. The number of aryl methyl sites for hydroxylation is 1. The summed E-state index contributed by atoms with van der Waals surface area (Å²) >= 11 is 1.72. The second-order valence-electron chi connectivity index (χ2n) is 7.65. The molecule has 5 nitrogen and oxygen atoms in total. The smallest absolute Gasteiger partial charge is 0.268 e. The molecule has 1 N–H and O–H groups in total. The van der Waals surface area contributed by atoms with Gasteiger partial charge in [-0.15, -0.1) is 11.3 Å². The van der Waals surface area contributed by atoms with Crippen LogP contribution in [0.1, 0.15) is 66.7 Å². The number of aromatic nitrogens is 2. The molecule has 2 aromatic rings. The number of hydrogen-bond donors (Lipinski definition) is 1. The third-order valence-electron chi connectivity index (χ3n) is 5.45. The van der Waals surface area contributed by atoms with E-state index >= 15 is 0 Å². The minimum atomic E-state index is 0.0523. The van der Waals surface area contributed by atoms with Crippen LogP contribution in [0.2, 0.25) is 0 Å². The van der Waals surface area contributed by atoms with E-state index in [1.54, 1.807) is 11.3 Å². The van der Waals surface area contributed by atoms with E-state index in [1.165, 1.54) is 32.1 Å². The fraction of sp³-hybridized carbons (Fsp3) is 0.600. The number of piperidine rings is 1. The number of nitrogens with zero attached hydrogens (tertiary/aromatic N) is 3. The molecule has 0 radical (unpaired) electrons. The van der Waals surface area contributed by atoms with Crippen molar-refractivity contribution in [2.24, 2.45) is 0 Å². The molecule has 2 aromatic heterocycles. The van der Waals surface area contributed by atoms with Gasteiger partial charge in [0.05, 0.1) is 12.2 Å². The molecule has 4 rings (SSSR count). The van der Waals surface area contributed by atoms with Crippen LogP contribution in [0.5, 0.6) is 0 Å². The molecule has 0 unspecified atom stereocenters. The molecule has 2 aliphatic rings. The van der Waals surface area contributed by atoms with Crippen molar-refractivity contribution < 1.29 is 4.79 Å². The van der Waals surface area contributed by atoms with Gasteiger partial charge in [0.15, 0.2) is 5.13 Å². The van der Waals surface area contributed by atoms with Crippen molar-refractivity contribution in [3.8, 4) is 0 Å². The lowest BCUT2D eigenvalue weighted by Crippen LogP contribution is -2.34. The molecule has 1 saturated carbocycles. The van der Waals surface area contributed by atoms with Crippen LogP contribution in [0.4, 0.5) is 5.13 Å². The zero-order valence-corrected chi connectivity index (χ0v) is 16.4. The third kappa shape index (κ3) is 3.95. The van der Waals surface area contributed by atoms with Crippen LogP contribution < -0.4 is 10.2 Å². The number of thiazole rings is 1. The standard InChI is InChI=1S/C20H28N4OS/c1-15-11-18(19(25)21-16-7-3-4-8-16)24(12-15)13-17-14-26-20(22-17)23-9-5-2-6-10-23/h11-12,14,16H,2-10,13H2,1H3,(H,21,25). The zero-order chi connectivity index (χ0) is 17.9.